The van der Waals surface area contributed by atoms with Gasteiger partial charge in [-0.1, -0.05) is 389 Å². The number of carbonyl (C=O) groups excluding carboxylic acids is 4. The molecule has 14 nitrogen and oxygen atoms in total. The van der Waals surface area contributed by atoms with Crippen LogP contribution in [0.25, 0.3) is 28.3 Å². The van der Waals surface area contributed by atoms with Crippen LogP contribution in [-0.4, -0.2) is 85.5 Å². The molecular weight excluding hydrogens is 1830 g/mol. The van der Waals surface area contributed by atoms with Gasteiger partial charge in [0.2, 0.25) is 0 Å². The zero-order valence-electron chi connectivity index (χ0n) is 94.7. The molecule has 12 aromatic carbocycles. The van der Waals surface area contributed by atoms with Gasteiger partial charge in [-0.2, -0.15) is 10.2 Å². The molecule has 0 aromatic heterocycles. The third-order valence-electron chi connectivity index (χ3n) is 24.5. The van der Waals surface area contributed by atoms with E-state index < -0.39 is 0 Å². The summed E-state index contributed by atoms with van der Waals surface area (Å²) in [4.78, 5) is 43.7. The first-order valence-electron chi connectivity index (χ1n) is 52.5. The summed E-state index contributed by atoms with van der Waals surface area (Å²) in [5, 5.41) is 7.53. The lowest BCUT2D eigenvalue weighted by molar-refractivity contribution is -0.187. The molecule has 0 bridgehead atoms. The summed E-state index contributed by atoms with van der Waals surface area (Å²) in [5.41, 5.74) is 25.7. The van der Waals surface area contributed by atoms with E-state index in [9.17, 15) is 19.2 Å². The Morgan fingerprint density at radius 3 is 0.986 bits per heavy atom. The van der Waals surface area contributed by atoms with Crippen molar-refractivity contribution in [3.05, 3.63) is 404 Å². The highest BCUT2D eigenvalue weighted by Gasteiger charge is 2.25. The molecule has 0 amide bonds. The van der Waals surface area contributed by atoms with Crippen molar-refractivity contribution in [2.45, 2.75) is 249 Å². The number of hydrogen-bond acceptors (Lipinski definition) is 14. The fourth-order valence-electron chi connectivity index (χ4n) is 14.9. The Hall–Kier alpha value is -13.2. The Bertz CT molecular complexity index is 5450. The van der Waals surface area contributed by atoms with Crippen molar-refractivity contribution in [1.82, 2.24) is 0 Å². The molecule has 1 saturated heterocycles. The number of methoxy groups -OCH3 is 4. The molecule has 1 aliphatic heterocycles. The van der Waals surface area contributed by atoms with E-state index in [1.807, 2.05) is 152 Å². The summed E-state index contributed by atoms with van der Waals surface area (Å²) in [5.74, 6) is 12.0. The Morgan fingerprint density at radius 1 is 0.365 bits per heavy atom. The molecule has 4 aliphatic rings. The van der Waals surface area contributed by atoms with Crippen LogP contribution < -0.4 is 9.47 Å². The van der Waals surface area contributed by atoms with Gasteiger partial charge in [0, 0.05) is 32.6 Å². The molecule has 0 atom stereocenters. The van der Waals surface area contributed by atoms with Gasteiger partial charge in [-0.3, -0.25) is 9.59 Å². The summed E-state index contributed by atoms with van der Waals surface area (Å²) in [6.07, 6.45) is 24.7. The van der Waals surface area contributed by atoms with Crippen molar-refractivity contribution in [1.29, 1.82) is 0 Å². The van der Waals surface area contributed by atoms with E-state index >= 15 is 0 Å². The number of esters is 4. The van der Waals surface area contributed by atoms with Crippen LogP contribution in [0, 0.1) is 136 Å². The van der Waals surface area contributed by atoms with Gasteiger partial charge < -0.3 is 37.9 Å². The van der Waals surface area contributed by atoms with Gasteiger partial charge in [0.15, 0.2) is 6.29 Å². The fourth-order valence-corrected chi connectivity index (χ4v) is 14.9. The fraction of sp³-hybridized carbons (Fsp3) is 0.388. The zero-order valence-corrected chi connectivity index (χ0v) is 94.7. The van der Waals surface area contributed by atoms with Gasteiger partial charge in [0.05, 0.1) is 70.5 Å². The monoisotopic (exact) mass is 2010 g/mol. The maximum absolute atomic E-state index is 11.3. The number of nitrogens with zero attached hydrogens (tertiary/aromatic N) is 2. The Balaban J connectivity index is 0.000000411. The predicted molar refractivity (Wildman–Crippen MR) is 622 cm³/mol. The maximum atomic E-state index is 11.3. The minimum Gasteiger partial charge on any atom is -0.494 e. The molecular formula is C134H176N2O12. The highest BCUT2D eigenvalue weighted by Crippen LogP contribution is 2.32. The second-order valence-electron chi connectivity index (χ2n) is 38.8. The topological polar surface area (TPSA) is 167 Å². The van der Waals surface area contributed by atoms with Crippen molar-refractivity contribution >= 4 is 35.6 Å². The Kier molecular flexibility index (Phi) is 67.3. The molecule has 3 aliphatic carbocycles. The van der Waals surface area contributed by atoms with Gasteiger partial charge in [-0.15, -0.1) is 5.92 Å². The molecule has 1 heterocycles. The van der Waals surface area contributed by atoms with E-state index in [4.69, 9.17) is 23.7 Å². The highest BCUT2D eigenvalue weighted by atomic mass is 16.7. The zero-order chi connectivity index (χ0) is 109. The first kappa shape index (κ1) is 129. The number of hydrogen-bond donors (Lipinski definition) is 0. The molecule has 148 heavy (non-hydrogen) atoms. The van der Waals surface area contributed by atoms with Gasteiger partial charge in [0.1, 0.15) is 11.5 Å². The third-order valence-corrected chi connectivity index (χ3v) is 24.5. The first-order chi connectivity index (χ1) is 70.9. The van der Waals surface area contributed by atoms with E-state index in [1.54, 1.807) is 50.6 Å². The molecule has 3 saturated carbocycles. The van der Waals surface area contributed by atoms with E-state index in [2.05, 4.69) is 316 Å². The Labute approximate surface area is 892 Å². The van der Waals surface area contributed by atoms with Gasteiger partial charge in [-0.05, 0) is 292 Å². The van der Waals surface area contributed by atoms with Crippen LogP contribution in [0.4, 0.5) is 5.69 Å². The van der Waals surface area contributed by atoms with Crippen molar-refractivity contribution < 1.29 is 57.1 Å². The van der Waals surface area contributed by atoms with E-state index in [-0.39, 0.29) is 36.1 Å². The van der Waals surface area contributed by atoms with Crippen LogP contribution in [0.15, 0.2) is 320 Å². The second-order valence-corrected chi connectivity index (χ2v) is 38.8. The van der Waals surface area contributed by atoms with Gasteiger partial charge in [-0.25, -0.2) is 9.59 Å². The van der Waals surface area contributed by atoms with Gasteiger partial charge >= 0.3 is 23.9 Å². The molecule has 0 spiro atoms. The molecule has 14 heteroatoms. The lowest BCUT2D eigenvalue weighted by Gasteiger charge is -2.24. The summed E-state index contributed by atoms with van der Waals surface area (Å²) in [7, 11) is 7.61. The number of allylic oxidation sites excluding steroid dienone is 3. The summed E-state index contributed by atoms with van der Waals surface area (Å²) in [6, 6.07) is 97.1. The summed E-state index contributed by atoms with van der Waals surface area (Å²) < 4.78 is 39.3. The molecule has 0 unspecified atom stereocenters. The van der Waals surface area contributed by atoms with Crippen LogP contribution in [0.2, 0.25) is 0 Å². The van der Waals surface area contributed by atoms with Crippen LogP contribution in [-0.2, 0) is 44.6 Å². The minimum atomic E-state index is -0.305. The molecule has 0 N–H and O–H groups in total. The Morgan fingerprint density at radius 2 is 0.669 bits per heavy atom. The van der Waals surface area contributed by atoms with Crippen molar-refractivity contribution in [2.24, 2.45) is 51.7 Å². The summed E-state index contributed by atoms with van der Waals surface area (Å²) in [6.45, 7) is 50.7. The molecule has 4 fully saturated rings. The van der Waals surface area contributed by atoms with Crippen molar-refractivity contribution in [2.75, 3.05) is 55.3 Å². The molecule has 16 rings (SSSR count). The lowest BCUT2D eigenvalue weighted by Crippen LogP contribution is -2.27. The lowest BCUT2D eigenvalue weighted by atomic mass is 9.83. The normalized spacial score (nSPS) is 16.3. The SMILES string of the molecule is CC#Cc1ccc(C)cc1.CC(=O)Oc1ccc(C)cc1.CC1CCC(C)CC1.CC1COC(C)OC1.CC=CC1CCC(C)CC1.CC=Cc1ccc(C)cc1.CCOc1ccc(C)cc1.CN=Nc1ccc(C)cc1.COC(=O)C1CCC(C)CC1.COC(=O)c1ccc(-c2ccc(C)cc2)cc1.COC(=O)c1ccc(C)cc1.COCc1ccc(C)cc1.Cc1ccc(-c2ccc(C)cc2)cc1.Cc1ccc(C)cc1. The summed E-state index contributed by atoms with van der Waals surface area (Å²) >= 11 is 0. The quantitative estimate of drug-likeness (QED) is 0.0268. The van der Waals surface area contributed by atoms with E-state index in [1.165, 1.54) is 170 Å². The third kappa shape index (κ3) is 60.8. The van der Waals surface area contributed by atoms with Crippen LogP contribution in [0.5, 0.6) is 11.5 Å². The second kappa shape index (κ2) is 77.3. The number of aryl methyl sites for hydroxylation is 12. The number of benzene rings is 12. The van der Waals surface area contributed by atoms with Crippen LogP contribution >= 0.6 is 0 Å². The molecule has 12 aromatic rings. The highest BCUT2D eigenvalue weighted by molar-refractivity contribution is 5.90. The molecule has 794 valence electrons. The van der Waals surface area contributed by atoms with Crippen molar-refractivity contribution in [3.8, 4) is 45.6 Å². The van der Waals surface area contributed by atoms with E-state index in [0.717, 1.165) is 102 Å². The number of rotatable bonds is 13. The maximum Gasteiger partial charge on any atom is 0.337 e. The van der Waals surface area contributed by atoms with Crippen LogP contribution in [0.1, 0.15) is 257 Å². The smallest absolute Gasteiger partial charge is 0.337 e. The number of ether oxygens (including phenoxy) is 8. The first-order valence-corrected chi connectivity index (χ1v) is 52.5. The number of carbonyl (C=O) groups is 4. The van der Waals surface area contributed by atoms with Gasteiger partial charge in [0.25, 0.3) is 0 Å². The van der Waals surface area contributed by atoms with E-state index in [0.29, 0.717) is 29.4 Å². The average Bonchev–Trinajstić information content (AvgIpc) is 0.880. The molecule has 0 radical (unpaired) electrons. The van der Waals surface area contributed by atoms with Crippen LogP contribution in [0.3, 0.4) is 0 Å². The average molecular weight is 2010 g/mol. The standard InChI is InChI=1S/C15H14O2.C14H14.C10H18.C10H12.C10H10.C9H16O2.2C9H10O2.2C9H12O.C8H10N2.C8H16.C8H10.C6H12O2/c1-11-3-5-12(6-4-11)13-7-9-14(10-8-13)15(16)17-2;1-11-3-7-13(8-4-11)14-9-5-12(2)6-10-14;3*1-3-4-10-7-5-9(2)6-8-10;2*1-7-3-5-8(6-4-7)9(10)11-2;1-7-3-5-9(6-4-7)11-8(2)10;1-8-3-5-9(6-4-8)7-10-2;1-3-10-9-6-4-8(2)5-7-9;1-7-3-5-8(6-4-7)10-9-2;2*1-7-3-5-8(2)6-4-7;1-5-3-7-6(2)8-4-5/h3-10H,1-2H3;3-10H,1-2H3;3-4,9-10H,5-8H2,1-2H3;3-8H,1-2H3;5-8H,1-2H3;7-8H,3-6H2,1-2H3;2*3-6H,1-2H3;3-6H,7H2,1-2H3;4-7H,3H2,1-2H3;3-6H,1-2H3;7-8H,3-6H2,1-2H3;3-6H,1-2H3;5-6H,3-4H2,1-2H3. The predicted octanol–water partition coefficient (Wildman–Crippen LogP) is 35.3. The van der Waals surface area contributed by atoms with Crippen molar-refractivity contribution in [3.63, 3.8) is 0 Å². The number of azo groups is 1. The largest absolute Gasteiger partial charge is 0.494 e. The minimum absolute atomic E-state index is 0.0168.